The lowest BCUT2D eigenvalue weighted by Gasteiger charge is -2.46. The third-order valence-corrected chi connectivity index (χ3v) is 8.91. The van der Waals surface area contributed by atoms with E-state index < -0.39 is 17.5 Å². The Morgan fingerprint density at radius 3 is 2.31 bits per heavy atom. The van der Waals surface area contributed by atoms with Gasteiger partial charge in [0.05, 0.1) is 18.6 Å². The third kappa shape index (κ3) is 4.35. The summed E-state index contributed by atoms with van der Waals surface area (Å²) < 4.78 is 7.99. The molecule has 0 saturated heterocycles. The number of carbonyl (C=O) groups is 2. The topological polar surface area (TPSA) is 86.6 Å². The van der Waals surface area contributed by atoms with Crippen LogP contribution in [0.5, 0.6) is 0 Å². The van der Waals surface area contributed by atoms with E-state index in [-0.39, 0.29) is 16.7 Å². The molecular weight excluding hydrogens is 422 g/mol. The van der Waals surface area contributed by atoms with E-state index in [1.165, 1.54) is 11.3 Å². The van der Waals surface area contributed by atoms with Crippen LogP contribution in [0.3, 0.4) is 0 Å². The van der Waals surface area contributed by atoms with Crippen LogP contribution in [0.25, 0.3) is 10.4 Å². The molecule has 1 aromatic heterocycles. The lowest BCUT2D eigenvalue weighted by Crippen LogP contribution is -2.46. The maximum Gasteiger partial charge on any atom is 0.348 e. The largest absolute Gasteiger partial charge is 0.477 e. The Morgan fingerprint density at radius 1 is 1.09 bits per heavy atom. The molecule has 2 aromatic rings. The standard InChI is InChI=1S/C26H33NO4S/c1-16-12-14-26(15-13-16,19-8-10-20(28)11-9-19)25(31)27-21-17(2)22(32-23(21)24(29)30)18-6-4-3-5-7-18/h3-7,16,19-20,28H,8-15H2,1-2H3,(H,27,31)(H,29,30)/t16-,19?,20?,26-/i20D. The fourth-order valence-electron chi connectivity index (χ4n) is 5.52. The fourth-order valence-corrected chi connectivity index (χ4v) is 6.63. The van der Waals surface area contributed by atoms with Gasteiger partial charge < -0.3 is 15.5 Å². The smallest absolute Gasteiger partial charge is 0.348 e. The Labute approximate surface area is 195 Å². The number of carboxylic acid groups (broad SMARTS) is 1. The second-order valence-corrected chi connectivity index (χ2v) is 10.6. The summed E-state index contributed by atoms with van der Waals surface area (Å²) in [6.07, 6.45) is 4.07. The summed E-state index contributed by atoms with van der Waals surface area (Å²) in [7, 11) is 0. The highest BCUT2D eigenvalue weighted by Crippen LogP contribution is 2.51. The average Bonchev–Trinajstić information content (AvgIpc) is 3.11. The van der Waals surface area contributed by atoms with Crippen LogP contribution in [0.15, 0.2) is 30.3 Å². The van der Waals surface area contributed by atoms with Gasteiger partial charge in [-0.05, 0) is 81.3 Å². The van der Waals surface area contributed by atoms with Crippen LogP contribution >= 0.6 is 11.3 Å². The second-order valence-electron chi connectivity index (χ2n) is 9.56. The Balaban J connectivity index is 1.67. The van der Waals surface area contributed by atoms with E-state index in [0.29, 0.717) is 37.3 Å². The predicted octanol–water partition coefficient (Wildman–Crippen LogP) is 6.11. The van der Waals surface area contributed by atoms with Crippen molar-refractivity contribution in [1.29, 1.82) is 0 Å². The van der Waals surface area contributed by atoms with Crippen molar-refractivity contribution >= 4 is 28.9 Å². The number of hydrogen-bond donors (Lipinski definition) is 3. The highest BCUT2D eigenvalue weighted by Gasteiger charge is 2.48. The van der Waals surface area contributed by atoms with E-state index in [4.69, 9.17) is 1.37 Å². The number of anilines is 1. The first-order valence-corrected chi connectivity index (χ1v) is 12.4. The molecule has 172 valence electrons. The minimum absolute atomic E-state index is 0.0939. The Hall–Kier alpha value is -2.18. The van der Waals surface area contributed by atoms with Crippen LogP contribution in [0.2, 0.25) is 0 Å². The van der Waals surface area contributed by atoms with Gasteiger partial charge in [0.15, 0.2) is 0 Å². The van der Waals surface area contributed by atoms with Crippen molar-refractivity contribution in [3.8, 4) is 10.4 Å². The zero-order valence-electron chi connectivity index (χ0n) is 19.8. The summed E-state index contributed by atoms with van der Waals surface area (Å²) in [5.41, 5.74) is 1.54. The lowest BCUT2D eigenvalue weighted by molar-refractivity contribution is -0.133. The number of aromatic carboxylic acids is 1. The van der Waals surface area contributed by atoms with E-state index in [9.17, 15) is 19.8 Å². The molecule has 0 spiro atoms. The van der Waals surface area contributed by atoms with Crippen LogP contribution in [0.4, 0.5) is 5.69 Å². The first-order valence-electron chi connectivity index (χ1n) is 12.1. The third-order valence-electron chi connectivity index (χ3n) is 7.58. The first kappa shape index (κ1) is 21.7. The van der Waals surface area contributed by atoms with Gasteiger partial charge in [-0.3, -0.25) is 4.79 Å². The maximum absolute atomic E-state index is 13.9. The second kappa shape index (κ2) is 9.36. The monoisotopic (exact) mass is 456 g/mol. The maximum atomic E-state index is 13.9. The van der Waals surface area contributed by atoms with Gasteiger partial charge in [0.2, 0.25) is 5.91 Å². The Kier molecular flexibility index (Phi) is 6.33. The number of aliphatic hydroxyl groups is 1. The van der Waals surface area contributed by atoms with Gasteiger partial charge in [-0.15, -0.1) is 11.3 Å². The van der Waals surface area contributed by atoms with Crippen molar-refractivity contribution in [1.82, 2.24) is 0 Å². The highest BCUT2D eigenvalue weighted by molar-refractivity contribution is 7.18. The number of rotatable bonds is 5. The summed E-state index contributed by atoms with van der Waals surface area (Å²) >= 11 is 1.20. The molecule has 0 radical (unpaired) electrons. The molecule has 0 aliphatic heterocycles. The van der Waals surface area contributed by atoms with Gasteiger partial charge in [-0.2, -0.15) is 0 Å². The molecular formula is C26H33NO4S. The van der Waals surface area contributed by atoms with Gasteiger partial charge in [-0.25, -0.2) is 4.79 Å². The van der Waals surface area contributed by atoms with Crippen LogP contribution in [0, 0.1) is 24.2 Å². The van der Waals surface area contributed by atoms with E-state index >= 15 is 0 Å². The molecule has 4 rings (SSSR count). The van der Waals surface area contributed by atoms with Gasteiger partial charge in [-0.1, -0.05) is 37.3 Å². The number of amides is 1. The molecule has 2 fully saturated rings. The molecule has 3 N–H and O–H groups in total. The van der Waals surface area contributed by atoms with Gasteiger partial charge in [0, 0.05) is 4.88 Å². The summed E-state index contributed by atoms with van der Waals surface area (Å²) in [4.78, 5) is 27.0. The molecule has 2 aliphatic carbocycles. The summed E-state index contributed by atoms with van der Waals surface area (Å²) in [6, 6.07) is 9.65. The summed E-state index contributed by atoms with van der Waals surface area (Å²) in [6.45, 7) is 4.08. The minimum Gasteiger partial charge on any atom is -0.477 e. The summed E-state index contributed by atoms with van der Waals surface area (Å²) in [5.74, 6) is -0.483. The zero-order valence-corrected chi connectivity index (χ0v) is 19.6. The Morgan fingerprint density at radius 2 is 1.72 bits per heavy atom. The van der Waals surface area contributed by atoms with Crippen molar-refractivity contribution < 1.29 is 21.2 Å². The van der Waals surface area contributed by atoms with Crippen LogP contribution < -0.4 is 5.32 Å². The number of hydrogen-bond acceptors (Lipinski definition) is 4. The number of nitrogens with one attached hydrogen (secondary N) is 1. The molecule has 0 unspecified atom stereocenters. The van der Waals surface area contributed by atoms with E-state index in [0.717, 1.165) is 41.7 Å². The van der Waals surface area contributed by atoms with Crippen LogP contribution in [-0.2, 0) is 4.79 Å². The molecule has 0 atom stereocenters. The lowest BCUT2D eigenvalue weighted by atomic mass is 9.59. The molecule has 1 aromatic carbocycles. The highest BCUT2D eigenvalue weighted by atomic mass is 32.1. The zero-order chi connectivity index (χ0) is 23.8. The summed E-state index contributed by atoms with van der Waals surface area (Å²) in [5, 5.41) is 23.1. The van der Waals surface area contributed by atoms with Crippen LogP contribution in [0.1, 0.15) is 74.9 Å². The van der Waals surface area contributed by atoms with Gasteiger partial charge in [0.25, 0.3) is 0 Å². The van der Waals surface area contributed by atoms with Crippen molar-refractivity contribution in [2.45, 2.75) is 71.3 Å². The van der Waals surface area contributed by atoms with Crippen molar-refractivity contribution in [2.24, 2.45) is 17.3 Å². The number of benzene rings is 1. The van der Waals surface area contributed by atoms with E-state index in [1.54, 1.807) is 0 Å². The molecule has 1 heterocycles. The normalized spacial score (nSPS) is 31.0. The molecule has 2 saturated carbocycles. The van der Waals surface area contributed by atoms with E-state index in [1.807, 2.05) is 37.3 Å². The quantitative estimate of drug-likeness (QED) is 0.507. The number of carboxylic acids is 1. The minimum atomic E-state index is -1.40. The molecule has 1 amide bonds. The van der Waals surface area contributed by atoms with Gasteiger partial charge >= 0.3 is 5.97 Å². The molecule has 2 aliphatic rings. The van der Waals surface area contributed by atoms with Gasteiger partial charge in [0.1, 0.15) is 4.88 Å². The first-order chi connectivity index (χ1) is 15.6. The van der Waals surface area contributed by atoms with E-state index in [2.05, 4.69) is 12.2 Å². The molecule has 6 heteroatoms. The molecule has 32 heavy (non-hydrogen) atoms. The predicted molar refractivity (Wildman–Crippen MR) is 128 cm³/mol. The molecule has 5 nitrogen and oxygen atoms in total. The average molecular weight is 457 g/mol. The fraction of sp³-hybridized carbons (Fsp3) is 0.538. The Bertz CT molecular complexity index is 1010. The van der Waals surface area contributed by atoms with Crippen molar-refractivity contribution in [2.75, 3.05) is 5.32 Å². The van der Waals surface area contributed by atoms with Crippen molar-refractivity contribution in [3.05, 3.63) is 40.8 Å². The number of thiophene rings is 1. The molecule has 0 bridgehead atoms. The SMILES string of the molecule is [2H]C1(O)CCC([C@]2(C(=O)Nc3c(C(=O)O)sc(-c4ccccc4)c3C)CC[C@H](C)CC2)CC1. The van der Waals surface area contributed by atoms with Crippen molar-refractivity contribution in [3.63, 3.8) is 0 Å². The number of carbonyl (C=O) groups excluding carboxylic acids is 1. The van der Waals surface area contributed by atoms with Crippen LogP contribution in [-0.4, -0.2) is 28.2 Å².